The average molecular weight is 235 g/mol. The summed E-state index contributed by atoms with van der Waals surface area (Å²) >= 11 is 0. The van der Waals surface area contributed by atoms with E-state index < -0.39 is 5.60 Å². The van der Waals surface area contributed by atoms with Crippen molar-refractivity contribution in [3.05, 3.63) is 35.9 Å². The number of nitrogens with one attached hydrogen (secondary N) is 1. The molecule has 2 nitrogen and oxygen atoms in total. The van der Waals surface area contributed by atoms with Crippen LogP contribution in [-0.4, -0.2) is 17.3 Å². The Bertz CT molecular complexity index is 319. The normalized spacial score (nSPS) is 16.8. The third-order valence-electron chi connectivity index (χ3n) is 2.94. The molecule has 0 radical (unpaired) electrons. The van der Waals surface area contributed by atoms with Gasteiger partial charge in [-0.2, -0.15) is 0 Å². The first-order valence-electron chi connectivity index (χ1n) is 6.41. The lowest BCUT2D eigenvalue weighted by molar-refractivity contribution is 0.0363. The summed E-state index contributed by atoms with van der Waals surface area (Å²) < 4.78 is 0. The largest absolute Gasteiger partial charge is 0.389 e. The van der Waals surface area contributed by atoms with E-state index in [1.54, 1.807) is 0 Å². The Hall–Kier alpha value is -0.860. The van der Waals surface area contributed by atoms with E-state index in [2.05, 4.69) is 38.2 Å². The molecule has 0 aliphatic rings. The second-order valence-electron chi connectivity index (χ2n) is 5.61. The molecular formula is C15H25NO. The Kier molecular flexibility index (Phi) is 5.16. The van der Waals surface area contributed by atoms with E-state index in [1.807, 2.05) is 25.1 Å². The molecule has 0 aliphatic carbocycles. The SMILES string of the molecule is CC(C)CC(C)(O)CNC(C)c1ccccc1. The summed E-state index contributed by atoms with van der Waals surface area (Å²) in [4.78, 5) is 0. The van der Waals surface area contributed by atoms with Gasteiger partial charge >= 0.3 is 0 Å². The molecule has 0 saturated heterocycles. The molecule has 0 amide bonds. The fraction of sp³-hybridized carbons (Fsp3) is 0.600. The van der Waals surface area contributed by atoms with E-state index >= 15 is 0 Å². The van der Waals surface area contributed by atoms with Crippen molar-refractivity contribution in [3.8, 4) is 0 Å². The molecule has 1 rings (SSSR count). The van der Waals surface area contributed by atoms with Gasteiger partial charge in [0.1, 0.15) is 0 Å². The fourth-order valence-corrected chi connectivity index (χ4v) is 2.18. The number of hydrogen-bond acceptors (Lipinski definition) is 2. The Morgan fingerprint density at radius 1 is 1.18 bits per heavy atom. The lowest BCUT2D eigenvalue weighted by atomic mass is 9.94. The van der Waals surface area contributed by atoms with Crippen molar-refractivity contribution in [2.45, 2.75) is 45.8 Å². The maximum absolute atomic E-state index is 10.2. The third kappa shape index (κ3) is 5.33. The van der Waals surface area contributed by atoms with Crippen LogP contribution in [0.4, 0.5) is 0 Å². The predicted octanol–water partition coefficient (Wildman–Crippen LogP) is 3.13. The van der Waals surface area contributed by atoms with Crippen LogP contribution in [0.5, 0.6) is 0 Å². The lowest BCUT2D eigenvalue weighted by Gasteiger charge is -2.27. The number of benzene rings is 1. The summed E-state index contributed by atoms with van der Waals surface area (Å²) in [5.74, 6) is 0.513. The van der Waals surface area contributed by atoms with Crippen molar-refractivity contribution in [2.24, 2.45) is 5.92 Å². The maximum atomic E-state index is 10.2. The van der Waals surface area contributed by atoms with Gasteiger partial charge in [-0.25, -0.2) is 0 Å². The highest BCUT2D eigenvalue weighted by Crippen LogP contribution is 2.17. The molecule has 1 aromatic rings. The van der Waals surface area contributed by atoms with Crippen LogP contribution in [0.25, 0.3) is 0 Å². The minimum absolute atomic E-state index is 0.273. The van der Waals surface area contributed by atoms with Crippen LogP contribution in [-0.2, 0) is 0 Å². The Labute approximate surface area is 105 Å². The Morgan fingerprint density at radius 2 is 1.76 bits per heavy atom. The monoisotopic (exact) mass is 235 g/mol. The zero-order valence-electron chi connectivity index (χ0n) is 11.4. The molecule has 2 unspecified atom stereocenters. The molecule has 0 aliphatic heterocycles. The van der Waals surface area contributed by atoms with Crippen LogP contribution in [0.1, 0.15) is 45.7 Å². The molecule has 96 valence electrons. The zero-order valence-corrected chi connectivity index (χ0v) is 11.4. The zero-order chi connectivity index (χ0) is 12.9. The summed E-state index contributed by atoms with van der Waals surface area (Å²) in [6.07, 6.45) is 0.821. The highest BCUT2D eigenvalue weighted by Gasteiger charge is 2.22. The van der Waals surface area contributed by atoms with E-state index in [0.717, 1.165) is 6.42 Å². The molecule has 2 atom stereocenters. The van der Waals surface area contributed by atoms with Crippen LogP contribution < -0.4 is 5.32 Å². The van der Waals surface area contributed by atoms with Crippen LogP contribution in [0.15, 0.2) is 30.3 Å². The molecule has 17 heavy (non-hydrogen) atoms. The average Bonchev–Trinajstić information content (AvgIpc) is 2.25. The second kappa shape index (κ2) is 6.18. The first-order valence-corrected chi connectivity index (χ1v) is 6.41. The van der Waals surface area contributed by atoms with Gasteiger partial charge in [0, 0.05) is 12.6 Å². The lowest BCUT2D eigenvalue weighted by Crippen LogP contribution is -2.39. The summed E-state index contributed by atoms with van der Waals surface area (Å²) in [6, 6.07) is 10.6. The van der Waals surface area contributed by atoms with Crippen molar-refractivity contribution in [3.63, 3.8) is 0 Å². The minimum atomic E-state index is -0.628. The first-order chi connectivity index (χ1) is 7.91. The van der Waals surface area contributed by atoms with Crippen molar-refractivity contribution in [1.29, 1.82) is 0 Å². The first kappa shape index (κ1) is 14.2. The number of rotatable bonds is 6. The van der Waals surface area contributed by atoms with E-state index in [9.17, 15) is 5.11 Å². The van der Waals surface area contributed by atoms with Gasteiger partial charge in [-0.3, -0.25) is 0 Å². The van der Waals surface area contributed by atoms with Crippen LogP contribution >= 0.6 is 0 Å². The van der Waals surface area contributed by atoms with Gasteiger partial charge < -0.3 is 10.4 Å². The highest BCUT2D eigenvalue weighted by atomic mass is 16.3. The molecule has 2 N–H and O–H groups in total. The van der Waals surface area contributed by atoms with Gasteiger partial charge in [0.05, 0.1) is 5.60 Å². The Balaban J connectivity index is 2.45. The molecule has 0 aromatic heterocycles. The van der Waals surface area contributed by atoms with E-state index in [1.165, 1.54) is 5.56 Å². The fourth-order valence-electron chi connectivity index (χ4n) is 2.18. The highest BCUT2D eigenvalue weighted by molar-refractivity contribution is 5.18. The smallest absolute Gasteiger partial charge is 0.0746 e. The summed E-state index contributed by atoms with van der Waals surface area (Å²) in [6.45, 7) is 8.92. The van der Waals surface area contributed by atoms with Crippen LogP contribution in [0, 0.1) is 5.92 Å². The standard InChI is InChI=1S/C15H25NO/c1-12(2)10-15(4,17)11-16-13(3)14-8-6-5-7-9-14/h5-9,12-13,16-17H,10-11H2,1-4H3. The van der Waals surface area contributed by atoms with E-state index in [-0.39, 0.29) is 6.04 Å². The van der Waals surface area contributed by atoms with Gasteiger partial charge in [0.15, 0.2) is 0 Å². The van der Waals surface area contributed by atoms with Gasteiger partial charge in [-0.1, -0.05) is 44.2 Å². The van der Waals surface area contributed by atoms with E-state index in [4.69, 9.17) is 0 Å². The maximum Gasteiger partial charge on any atom is 0.0746 e. The molecule has 0 bridgehead atoms. The molecule has 0 spiro atoms. The minimum Gasteiger partial charge on any atom is -0.389 e. The molecule has 2 heteroatoms. The predicted molar refractivity (Wildman–Crippen MR) is 72.9 cm³/mol. The number of aliphatic hydroxyl groups is 1. The van der Waals surface area contributed by atoms with Crippen molar-refractivity contribution in [2.75, 3.05) is 6.54 Å². The van der Waals surface area contributed by atoms with Crippen molar-refractivity contribution >= 4 is 0 Å². The second-order valence-corrected chi connectivity index (χ2v) is 5.61. The molecule has 0 saturated carbocycles. The molecule has 0 heterocycles. The quantitative estimate of drug-likeness (QED) is 0.794. The summed E-state index contributed by atoms with van der Waals surface area (Å²) in [5, 5.41) is 13.6. The molecule has 1 aromatic carbocycles. The van der Waals surface area contributed by atoms with Gasteiger partial charge in [0.25, 0.3) is 0 Å². The van der Waals surface area contributed by atoms with Crippen molar-refractivity contribution in [1.82, 2.24) is 5.32 Å². The van der Waals surface area contributed by atoms with Crippen LogP contribution in [0.2, 0.25) is 0 Å². The van der Waals surface area contributed by atoms with Gasteiger partial charge in [-0.15, -0.1) is 0 Å². The van der Waals surface area contributed by atoms with Gasteiger partial charge in [-0.05, 0) is 31.7 Å². The molecule has 0 fully saturated rings. The topological polar surface area (TPSA) is 32.3 Å². The van der Waals surface area contributed by atoms with Crippen molar-refractivity contribution < 1.29 is 5.11 Å². The third-order valence-corrected chi connectivity index (χ3v) is 2.94. The van der Waals surface area contributed by atoms with E-state index in [0.29, 0.717) is 12.5 Å². The molecular weight excluding hydrogens is 210 g/mol. The summed E-state index contributed by atoms with van der Waals surface area (Å²) in [7, 11) is 0. The number of hydrogen-bond donors (Lipinski definition) is 2. The van der Waals surface area contributed by atoms with Gasteiger partial charge in [0.2, 0.25) is 0 Å². The van der Waals surface area contributed by atoms with Crippen LogP contribution in [0.3, 0.4) is 0 Å². The Morgan fingerprint density at radius 3 is 2.29 bits per heavy atom. The summed E-state index contributed by atoms with van der Waals surface area (Å²) in [5.41, 5.74) is 0.629.